The number of carbonyl (C=O) groups is 1. The van der Waals surface area contributed by atoms with Gasteiger partial charge < -0.3 is 0 Å². The summed E-state index contributed by atoms with van der Waals surface area (Å²) in [5, 5.41) is 0. The second kappa shape index (κ2) is 5.44. The fourth-order valence-electron chi connectivity index (χ4n) is 1.76. The van der Waals surface area contributed by atoms with E-state index < -0.39 is 5.82 Å². The number of ketones is 1. The second-order valence-corrected chi connectivity index (χ2v) is 4.92. The minimum Gasteiger partial charge on any atom is -0.288 e. The zero-order valence-corrected chi connectivity index (χ0v) is 11.5. The average Bonchev–Trinajstić information content (AvgIpc) is 2.41. The average molecular weight is 307 g/mol. The highest BCUT2D eigenvalue weighted by Crippen LogP contribution is 2.19. The monoisotopic (exact) mass is 306 g/mol. The van der Waals surface area contributed by atoms with Gasteiger partial charge in [-0.25, -0.2) is 4.39 Å². The van der Waals surface area contributed by atoms with Crippen LogP contribution in [0.5, 0.6) is 0 Å². The Kier molecular flexibility index (Phi) is 3.92. The summed E-state index contributed by atoms with van der Waals surface area (Å²) >= 11 is 3.25. The molecule has 0 spiro atoms. The molecule has 1 nitrogen and oxygen atoms in total. The number of halogens is 2. The molecule has 18 heavy (non-hydrogen) atoms. The Balaban J connectivity index is 2.44. The molecule has 0 aromatic heterocycles. The van der Waals surface area contributed by atoms with Crippen molar-refractivity contribution < 1.29 is 9.18 Å². The molecule has 2 aromatic carbocycles. The molecule has 0 N–H and O–H groups in total. The maximum atomic E-state index is 13.6. The van der Waals surface area contributed by atoms with Crippen LogP contribution in [0.4, 0.5) is 4.39 Å². The normalized spacial score (nSPS) is 10.4. The summed E-state index contributed by atoms with van der Waals surface area (Å²) in [4.78, 5) is 12.2. The Labute approximate surface area is 114 Å². The van der Waals surface area contributed by atoms with E-state index in [1.54, 1.807) is 12.1 Å². The van der Waals surface area contributed by atoms with Gasteiger partial charge in [-0.3, -0.25) is 4.79 Å². The van der Waals surface area contributed by atoms with E-state index >= 15 is 0 Å². The molecule has 92 valence electrons. The van der Waals surface area contributed by atoms with Gasteiger partial charge in [-0.15, -0.1) is 0 Å². The minimum absolute atomic E-state index is 0.0950. The Morgan fingerprint density at radius 2 is 2.00 bits per heavy atom. The third-order valence-electron chi connectivity index (χ3n) is 2.77. The van der Waals surface area contributed by atoms with Crippen molar-refractivity contribution in [3.63, 3.8) is 0 Å². The largest absolute Gasteiger partial charge is 0.288 e. The number of hydrogen-bond acceptors (Lipinski definition) is 1. The third-order valence-corrected chi connectivity index (χ3v) is 3.26. The van der Waals surface area contributed by atoms with Crippen LogP contribution in [0.3, 0.4) is 0 Å². The molecule has 3 heteroatoms. The van der Waals surface area contributed by atoms with Gasteiger partial charge in [0.15, 0.2) is 5.78 Å². The van der Waals surface area contributed by atoms with E-state index in [-0.39, 0.29) is 11.3 Å². The lowest BCUT2D eigenvalue weighted by molar-refractivity contribution is 0.103. The van der Waals surface area contributed by atoms with Gasteiger partial charge in [0.1, 0.15) is 5.82 Å². The van der Waals surface area contributed by atoms with Gasteiger partial charge in [0.25, 0.3) is 0 Å². The molecular weight excluding hydrogens is 295 g/mol. The van der Waals surface area contributed by atoms with Gasteiger partial charge in [-0.2, -0.15) is 0 Å². The van der Waals surface area contributed by atoms with Crippen LogP contribution in [0.15, 0.2) is 46.9 Å². The van der Waals surface area contributed by atoms with E-state index in [9.17, 15) is 9.18 Å². The molecule has 0 aliphatic heterocycles. The molecule has 2 rings (SSSR count). The van der Waals surface area contributed by atoms with Gasteiger partial charge in [-0.05, 0) is 36.2 Å². The first kappa shape index (κ1) is 13.0. The molecule has 0 aliphatic rings. The Morgan fingerprint density at radius 3 is 2.72 bits per heavy atom. The summed E-state index contributed by atoms with van der Waals surface area (Å²) in [6.45, 7) is 2.02. The Hall–Kier alpha value is -1.48. The molecule has 2 aromatic rings. The summed E-state index contributed by atoms with van der Waals surface area (Å²) in [5.41, 5.74) is 1.68. The van der Waals surface area contributed by atoms with Gasteiger partial charge >= 0.3 is 0 Å². The number of aryl methyl sites for hydroxylation is 1. The standard InChI is InChI=1S/C15H12BrFO/c1-2-10-4-3-5-11(8-10)15(18)13-9-12(16)6-7-14(13)17/h3-9H,2H2,1H3. The van der Waals surface area contributed by atoms with Gasteiger partial charge in [0, 0.05) is 10.0 Å². The van der Waals surface area contributed by atoms with Gasteiger partial charge in [0.05, 0.1) is 5.56 Å². The van der Waals surface area contributed by atoms with Crippen LogP contribution < -0.4 is 0 Å². The summed E-state index contributed by atoms with van der Waals surface area (Å²) < 4.78 is 14.3. The predicted molar refractivity (Wildman–Crippen MR) is 73.4 cm³/mol. The predicted octanol–water partition coefficient (Wildman–Crippen LogP) is 4.38. The number of rotatable bonds is 3. The highest BCUT2D eigenvalue weighted by Gasteiger charge is 2.14. The lowest BCUT2D eigenvalue weighted by Crippen LogP contribution is -2.04. The molecule has 0 heterocycles. The third kappa shape index (κ3) is 2.67. The molecule has 0 radical (unpaired) electrons. The quantitative estimate of drug-likeness (QED) is 0.769. The van der Waals surface area contributed by atoms with Crippen LogP contribution in [-0.2, 0) is 6.42 Å². The SMILES string of the molecule is CCc1cccc(C(=O)c2cc(Br)ccc2F)c1. The van der Waals surface area contributed by atoms with Crippen molar-refractivity contribution in [3.05, 3.63) is 69.4 Å². The van der Waals surface area contributed by atoms with E-state index in [0.29, 0.717) is 10.0 Å². The minimum atomic E-state index is -0.495. The fraction of sp³-hybridized carbons (Fsp3) is 0.133. The van der Waals surface area contributed by atoms with Crippen LogP contribution in [0.1, 0.15) is 28.4 Å². The lowest BCUT2D eigenvalue weighted by Gasteiger charge is -2.05. The Bertz CT molecular complexity index is 593. The summed E-state index contributed by atoms with van der Waals surface area (Å²) in [7, 11) is 0. The molecule has 0 aliphatic carbocycles. The van der Waals surface area contributed by atoms with E-state index in [1.807, 2.05) is 25.1 Å². The number of benzene rings is 2. The lowest BCUT2D eigenvalue weighted by atomic mass is 10.0. The number of carbonyl (C=O) groups excluding carboxylic acids is 1. The first-order valence-corrected chi connectivity index (χ1v) is 6.50. The van der Waals surface area contributed by atoms with Crippen molar-refractivity contribution >= 4 is 21.7 Å². The molecule has 0 amide bonds. The summed E-state index contributed by atoms with van der Waals surface area (Å²) in [5.74, 6) is -0.783. The van der Waals surface area contributed by atoms with Crippen molar-refractivity contribution in [2.24, 2.45) is 0 Å². The molecule has 0 saturated heterocycles. The summed E-state index contributed by atoms with van der Waals surface area (Å²) in [6.07, 6.45) is 0.849. The van der Waals surface area contributed by atoms with Crippen molar-refractivity contribution in [1.82, 2.24) is 0 Å². The van der Waals surface area contributed by atoms with Gasteiger partial charge in [-0.1, -0.05) is 41.1 Å². The van der Waals surface area contributed by atoms with Crippen LogP contribution in [-0.4, -0.2) is 5.78 Å². The fourth-order valence-corrected chi connectivity index (χ4v) is 2.12. The van der Waals surface area contributed by atoms with Gasteiger partial charge in [0.2, 0.25) is 0 Å². The topological polar surface area (TPSA) is 17.1 Å². The van der Waals surface area contributed by atoms with E-state index in [4.69, 9.17) is 0 Å². The van der Waals surface area contributed by atoms with Crippen LogP contribution in [0.25, 0.3) is 0 Å². The molecule has 0 bridgehead atoms. The van der Waals surface area contributed by atoms with E-state index in [2.05, 4.69) is 15.9 Å². The van der Waals surface area contributed by atoms with Crippen molar-refractivity contribution in [3.8, 4) is 0 Å². The maximum absolute atomic E-state index is 13.6. The first-order chi connectivity index (χ1) is 8.61. The molecule has 0 atom stereocenters. The highest BCUT2D eigenvalue weighted by molar-refractivity contribution is 9.10. The van der Waals surface area contributed by atoms with Crippen molar-refractivity contribution in [1.29, 1.82) is 0 Å². The number of hydrogen-bond donors (Lipinski definition) is 0. The van der Waals surface area contributed by atoms with Crippen LogP contribution in [0, 0.1) is 5.82 Å². The first-order valence-electron chi connectivity index (χ1n) is 5.70. The van der Waals surface area contributed by atoms with E-state index in [1.165, 1.54) is 12.1 Å². The van der Waals surface area contributed by atoms with Crippen molar-refractivity contribution in [2.75, 3.05) is 0 Å². The Morgan fingerprint density at radius 1 is 1.22 bits per heavy atom. The van der Waals surface area contributed by atoms with Crippen LogP contribution in [0.2, 0.25) is 0 Å². The molecule has 0 saturated carbocycles. The van der Waals surface area contributed by atoms with E-state index in [0.717, 1.165) is 12.0 Å². The maximum Gasteiger partial charge on any atom is 0.196 e. The zero-order chi connectivity index (χ0) is 13.1. The van der Waals surface area contributed by atoms with Crippen molar-refractivity contribution in [2.45, 2.75) is 13.3 Å². The molecule has 0 fully saturated rings. The molecule has 0 unspecified atom stereocenters. The van der Waals surface area contributed by atoms with Crippen LogP contribution >= 0.6 is 15.9 Å². The zero-order valence-electron chi connectivity index (χ0n) is 9.91. The smallest absolute Gasteiger partial charge is 0.196 e. The molecular formula is C15H12BrFO. The highest BCUT2D eigenvalue weighted by atomic mass is 79.9. The second-order valence-electron chi connectivity index (χ2n) is 4.01. The summed E-state index contributed by atoms with van der Waals surface area (Å²) in [6, 6.07) is 11.7.